The van der Waals surface area contributed by atoms with Crippen LogP contribution in [0, 0.1) is 6.92 Å². The topological polar surface area (TPSA) is 97.1 Å². The van der Waals surface area contributed by atoms with E-state index >= 15 is 0 Å². The molecule has 7 heteroatoms. The number of hydrogen-bond acceptors (Lipinski definition) is 5. The van der Waals surface area contributed by atoms with E-state index in [1.54, 1.807) is 6.20 Å². The van der Waals surface area contributed by atoms with E-state index < -0.39 is 0 Å². The number of thiophene rings is 1. The third-order valence-corrected chi connectivity index (χ3v) is 3.84. The molecule has 0 atom stereocenters. The van der Waals surface area contributed by atoms with Crippen LogP contribution in [0.4, 0.5) is 5.69 Å². The van der Waals surface area contributed by atoms with Gasteiger partial charge in [-0.1, -0.05) is 0 Å². The number of fused-ring (bicyclic) bond motifs is 1. The van der Waals surface area contributed by atoms with Crippen LogP contribution in [0.25, 0.3) is 10.2 Å². The van der Waals surface area contributed by atoms with Gasteiger partial charge in [0.25, 0.3) is 5.91 Å². The van der Waals surface area contributed by atoms with Crippen LogP contribution in [0.1, 0.15) is 15.2 Å². The molecule has 2 rings (SSSR count). The largest absolute Gasteiger partial charge is 0.397 e. The number of nitrogens with zero attached hydrogens (tertiary/aromatic N) is 1. The highest BCUT2D eigenvalue weighted by atomic mass is 32.1. The fourth-order valence-corrected chi connectivity index (χ4v) is 2.76. The van der Waals surface area contributed by atoms with Gasteiger partial charge in [0.2, 0.25) is 5.91 Å². The van der Waals surface area contributed by atoms with Crippen LogP contribution in [-0.4, -0.2) is 30.4 Å². The highest BCUT2D eigenvalue weighted by Gasteiger charge is 2.18. The monoisotopic (exact) mass is 278 g/mol. The SMILES string of the molecule is CNC(=O)CNC(=O)c1sc2nccc(C)c2c1N. The maximum atomic E-state index is 12.0. The molecule has 0 aliphatic rings. The van der Waals surface area contributed by atoms with E-state index in [-0.39, 0.29) is 18.4 Å². The van der Waals surface area contributed by atoms with Crippen molar-refractivity contribution in [1.82, 2.24) is 15.6 Å². The molecule has 100 valence electrons. The molecular formula is C12H14N4O2S. The summed E-state index contributed by atoms with van der Waals surface area (Å²) in [5, 5.41) is 5.75. The number of hydrogen-bond donors (Lipinski definition) is 3. The minimum atomic E-state index is -0.358. The number of rotatable bonds is 3. The number of aromatic nitrogens is 1. The lowest BCUT2D eigenvalue weighted by atomic mass is 10.2. The molecular weight excluding hydrogens is 264 g/mol. The molecule has 0 saturated carbocycles. The van der Waals surface area contributed by atoms with E-state index in [1.165, 1.54) is 18.4 Å². The van der Waals surface area contributed by atoms with Crippen LogP contribution in [0.3, 0.4) is 0 Å². The van der Waals surface area contributed by atoms with Crippen molar-refractivity contribution in [3.05, 3.63) is 22.7 Å². The summed E-state index contributed by atoms with van der Waals surface area (Å²) in [5.74, 6) is -0.620. The van der Waals surface area contributed by atoms with Crippen molar-refractivity contribution in [2.24, 2.45) is 0 Å². The van der Waals surface area contributed by atoms with Gasteiger partial charge in [-0.05, 0) is 18.6 Å². The highest BCUT2D eigenvalue weighted by Crippen LogP contribution is 2.33. The minimum Gasteiger partial charge on any atom is -0.397 e. The molecule has 4 N–H and O–H groups in total. The Balaban J connectivity index is 2.30. The summed E-state index contributed by atoms with van der Waals surface area (Å²) >= 11 is 1.23. The molecule has 0 radical (unpaired) electrons. The van der Waals surface area contributed by atoms with Crippen molar-refractivity contribution < 1.29 is 9.59 Å². The van der Waals surface area contributed by atoms with Gasteiger partial charge in [-0.25, -0.2) is 4.98 Å². The lowest BCUT2D eigenvalue weighted by Gasteiger charge is -2.03. The number of nitrogens with one attached hydrogen (secondary N) is 2. The average Bonchev–Trinajstić information content (AvgIpc) is 2.74. The first kappa shape index (κ1) is 13.3. The summed E-state index contributed by atoms with van der Waals surface area (Å²) in [6.45, 7) is 1.84. The fraction of sp³-hybridized carbons (Fsp3) is 0.250. The molecule has 0 aromatic carbocycles. The summed E-state index contributed by atoms with van der Waals surface area (Å²) in [6, 6.07) is 1.84. The van der Waals surface area contributed by atoms with Crippen molar-refractivity contribution in [3.63, 3.8) is 0 Å². The molecule has 2 aromatic rings. The third kappa shape index (κ3) is 2.50. The van der Waals surface area contributed by atoms with E-state index in [1.807, 2.05) is 13.0 Å². The van der Waals surface area contributed by atoms with E-state index in [0.717, 1.165) is 15.8 Å². The highest BCUT2D eigenvalue weighted by molar-refractivity contribution is 7.21. The first-order chi connectivity index (χ1) is 9.04. The van der Waals surface area contributed by atoms with Gasteiger partial charge >= 0.3 is 0 Å². The van der Waals surface area contributed by atoms with E-state index in [2.05, 4.69) is 15.6 Å². The van der Waals surface area contributed by atoms with Crippen molar-refractivity contribution >= 4 is 39.1 Å². The molecule has 0 fully saturated rings. The number of nitrogens with two attached hydrogens (primary N) is 1. The first-order valence-corrected chi connectivity index (χ1v) is 6.48. The Bertz CT molecular complexity index is 650. The third-order valence-electron chi connectivity index (χ3n) is 2.73. The van der Waals surface area contributed by atoms with E-state index in [4.69, 9.17) is 5.73 Å². The molecule has 2 amide bonds. The van der Waals surface area contributed by atoms with Crippen LogP contribution in [0.2, 0.25) is 0 Å². The second kappa shape index (κ2) is 5.23. The Hall–Kier alpha value is -2.15. The quantitative estimate of drug-likeness (QED) is 0.768. The van der Waals surface area contributed by atoms with Gasteiger partial charge < -0.3 is 16.4 Å². The molecule has 0 spiro atoms. The zero-order valence-electron chi connectivity index (χ0n) is 10.6. The van der Waals surface area contributed by atoms with Crippen LogP contribution in [0.15, 0.2) is 12.3 Å². The van der Waals surface area contributed by atoms with Gasteiger partial charge in [-0.15, -0.1) is 11.3 Å². The van der Waals surface area contributed by atoms with Crippen LogP contribution in [-0.2, 0) is 4.79 Å². The number of nitrogen functional groups attached to an aromatic ring is 1. The lowest BCUT2D eigenvalue weighted by Crippen LogP contribution is -2.35. The molecule has 2 heterocycles. The molecule has 0 bridgehead atoms. The first-order valence-electron chi connectivity index (χ1n) is 5.67. The smallest absolute Gasteiger partial charge is 0.264 e. The van der Waals surface area contributed by atoms with Crippen molar-refractivity contribution in [1.29, 1.82) is 0 Å². The Kier molecular flexibility index (Phi) is 3.66. The average molecular weight is 278 g/mol. The summed E-state index contributed by atoms with van der Waals surface area (Å²) in [5.41, 5.74) is 7.38. The van der Waals surface area contributed by atoms with Crippen molar-refractivity contribution in [3.8, 4) is 0 Å². The summed E-state index contributed by atoms with van der Waals surface area (Å²) in [6.07, 6.45) is 1.68. The lowest BCUT2D eigenvalue weighted by molar-refractivity contribution is -0.119. The maximum Gasteiger partial charge on any atom is 0.264 e. The molecule has 0 aliphatic carbocycles. The Morgan fingerprint density at radius 1 is 1.47 bits per heavy atom. The van der Waals surface area contributed by atoms with Crippen molar-refractivity contribution in [2.75, 3.05) is 19.3 Å². The van der Waals surface area contributed by atoms with Crippen LogP contribution < -0.4 is 16.4 Å². The van der Waals surface area contributed by atoms with Crippen LogP contribution >= 0.6 is 11.3 Å². The minimum absolute atomic E-state index is 0.0740. The Morgan fingerprint density at radius 3 is 2.84 bits per heavy atom. The Labute approximate surface area is 114 Å². The number of likely N-dealkylation sites (N-methyl/N-ethyl adjacent to an activating group) is 1. The van der Waals surface area contributed by atoms with Crippen LogP contribution in [0.5, 0.6) is 0 Å². The maximum absolute atomic E-state index is 12.0. The van der Waals surface area contributed by atoms with Gasteiger partial charge in [-0.3, -0.25) is 9.59 Å². The number of carbonyl (C=O) groups is 2. The molecule has 2 aromatic heterocycles. The summed E-state index contributed by atoms with van der Waals surface area (Å²) < 4.78 is 0. The second-order valence-electron chi connectivity index (χ2n) is 4.01. The van der Waals surface area contributed by atoms with Gasteiger partial charge in [-0.2, -0.15) is 0 Å². The fourth-order valence-electron chi connectivity index (χ4n) is 1.70. The normalized spacial score (nSPS) is 10.4. The standard InChI is InChI=1S/C12H14N4O2S/c1-6-3-4-15-12-8(6)9(13)10(19-12)11(18)16-5-7(17)14-2/h3-4H,5,13H2,1-2H3,(H,14,17)(H,16,18). The molecule has 0 unspecified atom stereocenters. The molecule has 0 aliphatic heterocycles. The number of anilines is 1. The predicted octanol–water partition coefficient (Wildman–Crippen LogP) is 0.663. The van der Waals surface area contributed by atoms with Gasteiger partial charge in [0.15, 0.2) is 0 Å². The predicted molar refractivity (Wildman–Crippen MR) is 75.2 cm³/mol. The molecule has 19 heavy (non-hydrogen) atoms. The molecule has 6 nitrogen and oxygen atoms in total. The second-order valence-corrected chi connectivity index (χ2v) is 5.01. The summed E-state index contributed by atoms with van der Waals surface area (Å²) in [4.78, 5) is 28.4. The Morgan fingerprint density at radius 2 is 2.21 bits per heavy atom. The summed E-state index contributed by atoms with van der Waals surface area (Å²) in [7, 11) is 1.51. The number of aryl methyl sites for hydroxylation is 1. The van der Waals surface area contributed by atoms with Crippen molar-refractivity contribution in [2.45, 2.75) is 6.92 Å². The zero-order chi connectivity index (χ0) is 14.0. The number of pyridine rings is 1. The number of carbonyl (C=O) groups excluding carboxylic acids is 2. The van der Waals surface area contributed by atoms with E-state index in [0.29, 0.717) is 10.6 Å². The van der Waals surface area contributed by atoms with Gasteiger partial charge in [0.1, 0.15) is 9.71 Å². The zero-order valence-corrected chi connectivity index (χ0v) is 11.4. The molecule has 0 saturated heterocycles. The van der Waals surface area contributed by atoms with Gasteiger partial charge in [0, 0.05) is 18.6 Å². The van der Waals surface area contributed by atoms with E-state index in [9.17, 15) is 9.59 Å². The number of amides is 2. The van der Waals surface area contributed by atoms with Gasteiger partial charge in [0.05, 0.1) is 12.2 Å².